The van der Waals surface area contributed by atoms with Crippen molar-refractivity contribution < 1.29 is 14.0 Å². The Labute approximate surface area is 134 Å². The number of hydrogen-bond donors (Lipinski definition) is 0. The number of alkyl halides is 1. The smallest absolute Gasteiger partial charge is 0.277 e. The normalized spacial score (nSPS) is 20.5. The molecule has 1 atom stereocenters. The van der Waals surface area contributed by atoms with E-state index < -0.39 is 17.4 Å². The number of carbonyl (C=O) groups is 2. The van der Waals surface area contributed by atoms with E-state index in [0.29, 0.717) is 12.2 Å². The van der Waals surface area contributed by atoms with Crippen LogP contribution in [0.3, 0.4) is 0 Å². The molecule has 0 aromatic heterocycles. The lowest BCUT2D eigenvalue weighted by molar-refractivity contribution is -0.128. The first-order chi connectivity index (χ1) is 11.1. The van der Waals surface area contributed by atoms with Gasteiger partial charge in [0.15, 0.2) is 0 Å². The average molecular weight is 311 g/mol. The summed E-state index contributed by atoms with van der Waals surface area (Å²) in [4.78, 5) is 27.0. The molecule has 0 saturated heterocycles. The van der Waals surface area contributed by atoms with Crippen LogP contribution in [0.1, 0.15) is 35.7 Å². The third kappa shape index (κ3) is 2.34. The minimum atomic E-state index is -2.65. The Balaban J connectivity index is 2.16. The van der Waals surface area contributed by atoms with E-state index in [0.717, 1.165) is 12.8 Å². The van der Waals surface area contributed by atoms with Crippen molar-refractivity contribution in [2.45, 2.75) is 25.4 Å². The van der Waals surface area contributed by atoms with Gasteiger partial charge in [-0.25, -0.2) is 4.39 Å². The lowest BCUT2D eigenvalue weighted by atomic mass is 9.82. The van der Waals surface area contributed by atoms with Crippen LogP contribution in [0.25, 0.3) is 0 Å². The highest BCUT2D eigenvalue weighted by Gasteiger charge is 2.54. The van der Waals surface area contributed by atoms with Crippen molar-refractivity contribution in [1.82, 2.24) is 0 Å². The van der Waals surface area contributed by atoms with Crippen molar-refractivity contribution >= 4 is 17.4 Å². The number of unbranched alkanes of at least 4 members (excludes halogenated alkanes) is 1. The number of benzene rings is 2. The average Bonchev–Trinajstić information content (AvgIpc) is 2.60. The Kier molecular flexibility index (Phi) is 3.99. The Morgan fingerprint density at radius 2 is 1.65 bits per heavy atom. The number of fused-ring (bicyclic) bond motifs is 1. The second-order valence-electron chi connectivity index (χ2n) is 5.68. The molecule has 2 aromatic carbocycles. The summed E-state index contributed by atoms with van der Waals surface area (Å²) in [5, 5.41) is 0. The van der Waals surface area contributed by atoms with Crippen molar-refractivity contribution in [3.05, 3.63) is 65.7 Å². The summed E-state index contributed by atoms with van der Waals surface area (Å²) in [7, 11) is 0. The van der Waals surface area contributed by atoms with Crippen LogP contribution in [-0.2, 0) is 10.5 Å². The topological polar surface area (TPSA) is 37.4 Å². The van der Waals surface area contributed by atoms with Crippen LogP contribution in [0.5, 0.6) is 0 Å². The molecule has 3 rings (SSSR count). The van der Waals surface area contributed by atoms with E-state index >= 15 is 4.39 Å². The first kappa shape index (κ1) is 15.4. The van der Waals surface area contributed by atoms with E-state index in [-0.39, 0.29) is 11.1 Å². The highest BCUT2D eigenvalue weighted by atomic mass is 19.1. The molecule has 1 aliphatic rings. The predicted octanol–water partition coefficient (Wildman–Crippen LogP) is 3.88. The van der Waals surface area contributed by atoms with Crippen molar-refractivity contribution in [3.8, 4) is 0 Å². The largest absolute Gasteiger partial charge is 0.308 e. The van der Waals surface area contributed by atoms with Gasteiger partial charge in [-0.2, -0.15) is 0 Å². The van der Waals surface area contributed by atoms with Gasteiger partial charge in [0, 0.05) is 17.7 Å². The van der Waals surface area contributed by atoms with Gasteiger partial charge < -0.3 is 4.90 Å². The zero-order valence-corrected chi connectivity index (χ0v) is 13.0. The van der Waals surface area contributed by atoms with E-state index in [2.05, 4.69) is 0 Å². The molecular weight excluding hydrogens is 293 g/mol. The molecule has 0 aliphatic carbocycles. The van der Waals surface area contributed by atoms with E-state index in [9.17, 15) is 9.59 Å². The summed E-state index contributed by atoms with van der Waals surface area (Å²) in [6, 6.07) is 14.7. The summed E-state index contributed by atoms with van der Waals surface area (Å²) in [6.45, 7) is 2.41. The van der Waals surface area contributed by atoms with Gasteiger partial charge in [0.1, 0.15) is 0 Å². The fraction of sp³-hybridized carbons (Fsp3) is 0.263. The maximum atomic E-state index is 15.7. The number of para-hydroxylation sites is 1. The molecule has 0 saturated carbocycles. The predicted molar refractivity (Wildman–Crippen MR) is 87.3 cm³/mol. The number of ketones is 1. The van der Waals surface area contributed by atoms with Crippen LogP contribution in [0.15, 0.2) is 54.6 Å². The molecule has 0 radical (unpaired) electrons. The fourth-order valence-corrected chi connectivity index (χ4v) is 2.94. The Hall–Kier alpha value is -2.49. The first-order valence-electron chi connectivity index (χ1n) is 7.81. The van der Waals surface area contributed by atoms with E-state index in [1.807, 2.05) is 6.92 Å². The molecule has 1 aliphatic heterocycles. The molecule has 118 valence electrons. The second kappa shape index (κ2) is 5.95. The lowest BCUT2D eigenvalue weighted by Gasteiger charge is -2.37. The van der Waals surface area contributed by atoms with Crippen molar-refractivity contribution in [3.63, 3.8) is 0 Å². The van der Waals surface area contributed by atoms with Crippen molar-refractivity contribution in [2.75, 3.05) is 11.4 Å². The van der Waals surface area contributed by atoms with Gasteiger partial charge in [-0.05, 0) is 18.6 Å². The van der Waals surface area contributed by atoms with Gasteiger partial charge in [0.25, 0.3) is 11.6 Å². The summed E-state index contributed by atoms with van der Waals surface area (Å²) in [5.74, 6) is -1.57. The highest BCUT2D eigenvalue weighted by molar-refractivity contribution is 6.27. The number of nitrogens with zero attached hydrogens (tertiary/aromatic N) is 1. The zero-order valence-electron chi connectivity index (χ0n) is 13.0. The monoisotopic (exact) mass is 311 g/mol. The fourth-order valence-electron chi connectivity index (χ4n) is 2.94. The summed E-state index contributed by atoms with van der Waals surface area (Å²) >= 11 is 0. The number of halogens is 1. The van der Waals surface area contributed by atoms with Gasteiger partial charge in [0.05, 0.1) is 5.69 Å². The molecule has 0 bridgehead atoms. The molecule has 0 fully saturated rings. The number of Topliss-reactive ketones (excluding diaryl/α,β-unsaturated/α-hetero) is 1. The molecule has 1 amide bonds. The number of carbonyl (C=O) groups excluding carboxylic acids is 2. The maximum absolute atomic E-state index is 15.7. The molecular formula is C19H18FNO2. The van der Waals surface area contributed by atoms with Crippen LogP contribution in [0.4, 0.5) is 10.1 Å². The van der Waals surface area contributed by atoms with Gasteiger partial charge in [-0.3, -0.25) is 9.59 Å². The van der Waals surface area contributed by atoms with E-state index in [1.165, 1.54) is 17.0 Å². The third-order valence-corrected chi connectivity index (χ3v) is 4.20. The van der Waals surface area contributed by atoms with Crippen molar-refractivity contribution in [2.24, 2.45) is 0 Å². The number of anilines is 1. The summed E-state index contributed by atoms with van der Waals surface area (Å²) in [6.07, 6.45) is 1.63. The van der Waals surface area contributed by atoms with Crippen molar-refractivity contribution in [1.29, 1.82) is 0 Å². The molecule has 0 N–H and O–H groups in total. The Bertz CT molecular complexity index is 744. The minimum Gasteiger partial charge on any atom is -0.308 e. The third-order valence-electron chi connectivity index (χ3n) is 4.20. The van der Waals surface area contributed by atoms with Gasteiger partial charge in [-0.1, -0.05) is 55.8 Å². The van der Waals surface area contributed by atoms with Crippen LogP contribution < -0.4 is 4.90 Å². The maximum Gasteiger partial charge on any atom is 0.277 e. The summed E-state index contributed by atoms with van der Waals surface area (Å²) < 4.78 is 15.7. The molecule has 2 aromatic rings. The SMILES string of the molecule is CCCCN1C(=O)C(F)(c2ccccc2)C(=O)c2ccccc21. The molecule has 1 unspecified atom stereocenters. The summed E-state index contributed by atoms with van der Waals surface area (Å²) in [5.41, 5.74) is -1.80. The number of rotatable bonds is 4. The van der Waals surface area contributed by atoms with E-state index in [4.69, 9.17) is 0 Å². The molecule has 0 spiro atoms. The quantitative estimate of drug-likeness (QED) is 0.804. The zero-order chi connectivity index (χ0) is 16.4. The second-order valence-corrected chi connectivity index (χ2v) is 5.68. The van der Waals surface area contributed by atoms with Crippen LogP contribution in [-0.4, -0.2) is 18.2 Å². The van der Waals surface area contributed by atoms with Crippen LogP contribution >= 0.6 is 0 Å². The first-order valence-corrected chi connectivity index (χ1v) is 7.81. The van der Waals surface area contributed by atoms with Gasteiger partial charge >= 0.3 is 0 Å². The van der Waals surface area contributed by atoms with E-state index in [1.54, 1.807) is 42.5 Å². The molecule has 23 heavy (non-hydrogen) atoms. The van der Waals surface area contributed by atoms with Gasteiger partial charge in [-0.15, -0.1) is 0 Å². The van der Waals surface area contributed by atoms with Crippen LogP contribution in [0.2, 0.25) is 0 Å². The molecule has 4 heteroatoms. The molecule has 1 heterocycles. The van der Waals surface area contributed by atoms with Crippen LogP contribution in [0, 0.1) is 0 Å². The van der Waals surface area contributed by atoms with Gasteiger partial charge in [0.2, 0.25) is 5.78 Å². The standard InChI is InChI=1S/C19H18FNO2/c1-2-3-13-21-16-12-8-7-11-15(16)17(22)19(20,18(21)23)14-9-5-4-6-10-14/h4-12H,2-3,13H2,1H3. The number of amides is 1. The number of hydrogen-bond acceptors (Lipinski definition) is 2. The highest BCUT2D eigenvalue weighted by Crippen LogP contribution is 2.41. The Morgan fingerprint density at radius 1 is 1.00 bits per heavy atom. The lowest BCUT2D eigenvalue weighted by Crippen LogP contribution is -2.53. The minimum absolute atomic E-state index is 0.0889. The Morgan fingerprint density at radius 3 is 2.35 bits per heavy atom. The molecule has 3 nitrogen and oxygen atoms in total.